The SMILES string of the molecule is COC(=O)c1cc(N)cnc1N1CCCC(C)CC1. The Morgan fingerprint density at radius 2 is 2.26 bits per heavy atom. The van der Waals surface area contributed by atoms with E-state index in [4.69, 9.17) is 10.5 Å². The van der Waals surface area contributed by atoms with Crippen molar-refractivity contribution >= 4 is 17.5 Å². The molecule has 5 heteroatoms. The molecule has 0 spiro atoms. The Balaban J connectivity index is 2.30. The largest absolute Gasteiger partial charge is 0.465 e. The summed E-state index contributed by atoms with van der Waals surface area (Å²) in [7, 11) is 1.37. The van der Waals surface area contributed by atoms with Gasteiger partial charge in [-0.3, -0.25) is 0 Å². The molecule has 1 atom stereocenters. The number of aromatic nitrogens is 1. The van der Waals surface area contributed by atoms with Crippen LogP contribution in [0.2, 0.25) is 0 Å². The van der Waals surface area contributed by atoms with Gasteiger partial charge in [-0.15, -0.1) is 0 Å². The number of carbonyl (C=O) groups excluding carboxylic acids is 1. The Bertz CT molecular complexity index is 462. The predicted molar refractivity (Wildman–Crippen MR) is 75.2 cm³/mol. The summed E-state index contributed by atoms with van der Waals surface area (Å²) in [5, 5.41) is 0. The maximum absolute atomic E-state index is 11.8. The fraction of sp³-hybridized carbons (Fsp3) is 0.571. The van der Waals surface area contributed by atoms with Crippen molar-refractivity contribution < 1.29 is 9.53 Å². The van der Waals surface area contributed by atoms with Crippen molar-refractivity contribution in [1.82, 2.24) is 4.98 Å². The highest BCUT2D eigenvalue weighted by Crippen LogP contribution is 2.25. The van der Waals surface area contributed by atoms with Crippen LogP contribution in [-0.2, 0) is 4.74 Å². The number of nitrogens with two attached hydrogens (primary N) is 1. The summed E-state index contributed by atoms with van der Waals surface area (Å²) in [5.74, 6) is 1.03. The number of pyridine rings is 1. The molecule has 1 fully saturated rings. The van der Waals surface area contributed by atoms with E-state index < -0.39 is 0 Å². The van der Waals surface area contributed by atoms with Gasteiger partial charge in [0, 0.05) is 13.1 Å². The maximum atomic E-state index is 11.8. The molecule has 2 heterocycles. The van der Waals surface area contributed by atoms with Gasteiger partial charge in [0.2, 0.25) is 0 Å². The normalized spacial score (nSPS) is 19.9. The van der Waals surface area contributed by atoms with E-state index in [-0.39, 0.29) is 5.97 Å². The molecule has 2 N–H and O–H groups in total. The van der Waals surface area contributed by atoms with Crippen molar-refractivity contribution in [3.05, 3.63) is 17.8 Å². The molecule has 19 heavy (non-hydrogen) atoms. The fourth-order valence-electron chi connectivity index (χ4n) is 2.46. The Kier molecular flexibility index (Phi) is 4.24. The highest BCUT2D eigenvalue weighted by atomic mass is 16.5. The third-order valence-electron chi connectivity index (χ3n) is 3.61. The van der Waals surface area contributed by atoms with Crippen LogP contribution in [0.4, 0.5) is 11.5 Å². The van der Waals surface area contributed by atoms with Gasteiger partial charge in [-0.25, -0.2) is 9.78 Å². The first-order valence-corrected chi connectivity index (χ1v) is 6.70. The molecule has 0 bridgehead atoms. The molecule has 104 valence electrons. The van der Waals surface area contributed by atoms with Crippen LogP contribution in [0, 0.1) is 5.92 Å². The number of ether oxygens (including phenoxy) is 1. The van der Waals surface area contributed by atoms with Crippen molar-refractivity contribution in [3.8, 4) is 0 Å². The average Bonchev–Trinajstić information content (AvgIpc) is 2.62. The number of nitrogen functional groups attached to an aromatic ring is 1. The summed E-state index contributed by atoms with van der Waals surface area (Å²) in [5.41, 5.74) is 6.65. The lowest BCUT2D eigenvalue weighted by Crippen LogP contribution is -2.27. The minimum absolute atomic E-state index is 0.382. The molecule has 1 saturated heterocycles. The molecule has 1 aromatic heterocycles. The first-order valence-electron chi connectivity index (χ1n) is 6.70. The smallest absolute Gasteiger partial charge is 0.341 e. The summed E-state index contributed by atoms with van der Waals surface area (Å²) in [6.07, 6.45) is 5.05. The van der Waals surface area contributed by atoms with Crippen LogP contribution in [-0.4, -0.2) is 31.2 Å². The molecule has 1 aromatic rings. The minimum Gasteiger partial charge on any atom is -0.465 e. The summed E-state index contributed by atoms with van der Waals surface area (Å²) in [6, 6.07) is 1.64. The third kappa shape index (κ3) is 3.16. The molecular formula is C14H21N3O2. The second-order valence-corrected chi connectivity index (χ2v) is 5.15. The topological polar surface area (TPSA) is 68.5 Å². The lowest BCUT2D eigenvalue weighted by atomic mass is 10.0. The van der Waals surface area contributed by atoms with E-state index in [1.165, 1.54) is 13.5 Å². The summed E-state index contributed by atoms with van der Waals surface area (Å²) in [6.45, 7) is 4.11. The minimum atomic E-state index is -0.382. The van der Waals surface area contributed by atoms with Crippen LogP contribution in [0.5, 0.6) is 0 Å². The zero-order chi connectivity index (χ0) is 13.8. The molecule has 0 aromatic carbocycles. The predicted octanol–water partition coefficient (Wildman–Crippen LogP) is 2.08. The highest BCUT2D eigenvalue weighted by molar-refractivity contribution is 5.95. The number of rotatable bonds is 2. The average molecular weight is 263 g/mol. The number of carbonyl (C=O) groups is 1. The van der Waals surface area contributed by atoms with Crippen LogP contribution >= 0.6 is 0 Å². The molecule has 2 rings (SSSR count). The summed E-state index contributed by atoms with van der Waals surface area (Å²) in [4.78, 5) is 18.3. The molecule has 0 amide bonds. The van der Waals surface area contributed by atoms with E-state index in [9.17, 15) is 4.79 Å². The van der Waals surface area contributed by atoms with Gasteiger partial charge in [-0.1, -0.05) is 6.92 Å². The van der Waals surface area contributed by atoms with Gasteiger partial charge < -0.3 is 15.4 Å². The van der Waals surface area contributed by atoms with Gasteiger partial charge in [-0.2, -0.15) is 0 Å². The molecule has 1 unspecified atom stereocenters. The Labute approximate surface area is 113 Å². The fourth-order valence-corrected chi connectivity index (χ4v) is 2.46. The van der Waals surface area contributed by atoms with E-state index in [0.29, 0.717) is 17.1 Å². The Morgan fingerprint density at radius 1 is 1.47 bits per heavy atom. The quantitative estimate of drug-likeness (QED) is 0.827. The van der Waals surface area contributed by atoms with Crippen LogP contribution < -0.4 is 10.6 Å². The van der Waals surface area contributed by atoms with Crippen molar-refractivity contribution in [2.45, 2.75) is 26.2 Å². The van der Waals surface area contributed by atoms with Crippen molar-refractivity contribution in [2.75, 3.05) is 30.8 Å². The Morgan fingerprint density at radius 3 is 3.00 bits per heavy atom. The lowest BCUT2D eigenvalue weighted by molar-refractivity contribution is 0.0601. The van der Waals surface area contributed by atoms with E-state index >= 15 is 0 Å². The van der Waals surface area contributed by atoms with E-state index in [1.54, 1.807) is 12.3 Å². The molecule has 1 aliphatic rings. The van der Waals surface area contributed by atoms with Gasteiger partial charge in [0.15, 0.2) is 0 Å². The number of methoxy groups -OCH3 is 1. The van der Waals surface area contributed by atoms with Crippen LogP contribution in [0.25, 0.3) is 0 Å². The molecule has 0 radical (unpaired) electrons. The van der Waals surface area contributed by atoms with Gasteiger partial charge in [0.1, 0.15) is 11.4 Å². The lowest BCUT2D eigenvalue weighted by Gasteiger charge is -2.23. The molecule has 0 saturated carbocycles. The first kappa shape index (κ1) is 13.6. The van der Waals surface area contributed by atoms with Crippen molar-refractivity contribution in [3.63, 3.8) is 0 Å². The molecular weight excluding hydrogens is 242 g/mol. The second-order valence-electron chi connectivity index (χ2n) is 5.15. The van der Waals surface area contributed by atoms with Crippen LogP contribution in [0.1, 0.15) is 36.5 Å². The van der Waals surface area contributed by atoms with Crippen molar-refractivity contribution in [2.24, 2.45) is 5.92 Å². The van der Waals surface area contributed by atoms with E-state index in [0.717, 1.165) is 31.8 Å². The molecule has 0 aliphatic carbocycles. The van der Waals surface area contributed by atoms with E-state index in [1.807, 2.05) is 0 Å². The van der Waals surface area contributed by atoms with Gasteiger partial charge >= 0.3 is 5.97 Å². The second kappa shape index (κ2) is 5.91. The highest BCUT2D eigenvalue weighted by Gasteiger charge is 2.21. The standard InChI is InChI=1S/C14H21N3O2/c1-10-4-3-6-17(7-5-10)13-12(14(18)19-2)8-11(15)9-16-13/h8-10H,3-7,15H2,1-2H3. The van der Waals surface area contributed by atoms with Gasteiger partial charge in [0.05, 0.1) is 19.0 Å². The number of nitrogens with zero attached hydrogens (tertiary/aromatic N) is 2. The van der Waals surface area contributed by atoms with Gasteiger partial charge in [-0.05, 0) is 31.2 Å². The first-order chi connectivity index (χ1) is 9.11. The number of hydrogen-bond donors (Lipinski definition) is 1. The van der Waals surface area contributed by atoms with Crippen LogP contribution in [0.3, 0.4) is 0 Å². The summed E-state index contributed by atoms with van der Waals surface area (Å²) >= 11 is 0. The molecule has 1 aliphatic heterocycles. The van der Waals surface area contributed by atoms with Crippen LogP contribution in [0.15, 0.2) is 12.3 Å². The zero-order valence-corrected chi connectivity index (χ0v) is 11.6. The monoisotopic (exact) mass is 263 g/mol. The number of anilines is 2. The van der Waals surface area contributed by atoms with Crippen molar-refractivity contribution in [1.29, 1.82) is 0 Å². The Hall–Kier alpha value is -1.78. The summed E-state index contributed by atoms with van der Waals surface area (Å²) < 4.78 is 4.81. The zero-order valence-electron chi connectivity index (χ0n) is 11.6. The van der Waals surface area contributed by atoms with E-state index in [2.05, 4.69) is 16.8 Å². The number of esters is 1. The third-order valence-corrected chi connectivity index (χ3v) is 3.61. The molecule has 5 nitrogen and oxygen atoms in total. The van der Waals surface area contributed by atoms with Gasteiger partial charge in [0.25, 0.3) is 0 Å². The maximum Gasteiger partial charge on any atom is 0.341 e. The number of hydrogen-bond acceptors (Lipinski definition) is 5.